The predicted molar refractivity (Wildman–Crippen MR) is 27.2 cm³/mol. The van der Waals surface area contributed by atoms with Crippen molar-refractivity contribution in [1.29, 1.82) is 0 Å². The average Bonchev–Trinajstić information content (AvgIpc) is 1.69. The number of hydrogen-bond donors (Lipinski definition) is 1. The van der Waals surface area contributed by atoms with Crippen LogP contribution < -0.4 is 0 Å². The van der Waals surface area contributed by atoms with Crippen LogP contribution in [0.15, 0.2) is 18.3 Å². The summed E-state index contributed by atoms with van der Waals surface area (Å²) in [4.78, 5) is 3.63. The topological polar surface area (TPSA) is 33.1 Å². The maximum atomic E-state index is 8.57. The van der Waals surface area contributed by atoms with Crippen LogP contribution in [0, 0.1) is 0 Å². The van der Waals surface area contributed by atoms with E-state index in [2.05, 4.69) is 4.89 Å². The first-order valence-corrected chi connectivity index (χ1v) is 1.98. The summed E-state index contributed by atoms with van der Waals surface area (Å²) in [5, 5.41) is 8.57. The van der Waals surface area contributed by atoms with E-state index >= 15 is 0 Å². The fraction of sp³-hybridized carbons (Fsp3) is 0. The molecule has 0 radical (unpaired) electrons. The van der Waals surface area contributed by atoms with E-state index in [0.717, 1.165) is 0 Å². The summed E-state index contributed by atoms with van der Waals surface area (Å²) in [6.07, 6.45) is 1.61. The molecule has 2 nitrogen and oxygen atoms in total. The molecular formula is C4H4BNO. The molecule has 1 heterocycles. The van der Waals surface area contributed by atoms with Gasteiger partial charge in [0.05, 0.1) is 0 Å². The number of aromatic hydroxyl groups is 1. The van der Waals surface area contributed by atoms with Gasteiger partial charge in [-0.2, -0.15) is 0 Å². The van der Waals surface area contributed by atoms with Gasteiger partial charge in [0.1, 0.15) is 0 Å². The first-order chi connectivity index (χ1) is 3.39. The Morgan fingerprint density at radius 3 is 2.86 bits per heavy atom. The fourth-order valence-corrected chi connectivity index (χ4v) is 0.354. The van der Waals surface area contributed by atoms with Gasteiger partial charge >= 0.3 is 41.0 Å². The van der Waals surface area contributed by atoms with Crippen LogP contribution in [0.4, 0.5) is 0 Å². The minimum atomic E-state index is 0.211. The Morgan fingerprint density at radius 1 is 1.71 bits per heavy atom. The molecule has 1 rings (SSSR count). The zero-order chi connectivity index (χ0) is 5.11. The van der Waals surface area contributed by atoms with Gasteiger partial charge in [0, 0.05) is 0 Å². The van der Waals surface area contributed by atoms with Crippen LogP contribution in [0.25, 0.3) is 0 Å². The molecule has 1 N–H and O–H groups in total. The van der Waals surface area contributed by atoms with Gasteiger partial charge in [0.25, 0.3) is 0 Å². The number of hydrogen-bond acceptors (Lipinski definition) is 2. The van der Waals surface area contributed by atoms with Gasteiger partial charge in [-0.15, -0.1) is 0 Å². The number of rotatable bonds is 0. The third-order valence-electron chi connectivity index (χ3n) is 0.646. The predicted octanol–water partition coefficient (Wildman–Crippen LogP) is 0.125. The standard InChI is InChI=1S/C4H4BNO/c7-4-2-1-3-6-5-4/h1-3,7H. The molecule has 0 spiro atoms. The van der Waals surface area contributed by atoms with E-state index in [9.17, 15) is 0 Å². The summed E-state index contributed by atoms with van der Waals surface area (Å²) in [5.41, 5.74) is 0.211. The summed E-state index contributed by atoms with van der Waals surface area (Å²) in [5.74, 6) is 0. The molecule has 7 heavy (non-hydrogen) atoms. The van der Waals surface area contributed by atoms with Crippen molar-refractivity contribution in [2.24, 2.45) is 0 Å². The maximum absolute atomic E-state index is 8.57. The van der Waals surface area contributed by atoms with Crippen LogP contribution in [-0.4, -0.2) is 17.1 Å². The van der Waals surface area contributed by atoms with Crippen LogP contribution in [-0.2, 0) is 0 Å². The Morgan fingerprint density at radius 2 is 2.57 bits per heavy atom. The molecule has 0 bridgehead atoms. The molecular weight excluding hydrogens is 88.9 g/mol. The van der Waals surface area contributed by atoms with Crippen molar-refractivity contribution in [3.63, 3.8) is 0 Å². The van der Waals surface area contributed by atoms with Crippen molar-refractivity contribution in [3.05, 3.63) is 18.3 Å². The van der Waals surface area contributed by atoms with Crippen molar-refractivity contribution in [3.8, 4) is 5.64 Å². The molecule has 1 aromatic heterocycles. The van der Waals surface area contributed by atoms with Crippen molar-refractivity contribution >= 4 is 7.05 Å². The summed E-state index contributed by atoms with van der Waals surface area (Å²) in [7, 11) is 1.39. The second-order valence-corrected chi connectivity index (χ2v) is 1.21. The first-order valence-electron chi connectivity index (χ1n) is 1.98. The molecule has 1 aromatic rings. The zero-order valence-corrected chi connectivity index (χ0v) is 3.70. The zero-order valence-electron chi connectivity index (χ0n) is 3.70. The van der Waals surface area contributed by atoms with Crippen LogP contribution in [0.3, 0.4) is 0 Å². The molecule has 0 unspecified atom stereocenters. The minimum absolute atomic E-state index is 0.211. The van der Waals surface area contributed by atoms with Crippen LogP contribution in [0.1, 0.15) is 0 Å². The van der Waals surface area contributed by atoms with Crippen LogP contribution in [0.5, 0.6) is 5.64 Å². The Balaban J connectivity index is 3.02. The van der Waals surface area contributed by atoms with E-state index in [1.165, 1.54) is 7.05 Å². The Hall–Kier alpha value is -0.855. The van der Waals surface area contributed by atoms with Crippen LogP contribution >= 0.6 is 0 Å². The third kappa shape index (κ3) is 0.997. The van der Waals surface area contributed by atoms with Gasteiger partial charge in [-0.05, 0) is 0 Å². The Kier molecular flexibility index (Phi) is 1.07. The van der Waals surface area contributed by atoms with E-state index in [0.29, 0.717) is 0 Å². The molecule has 34 valence electrons. The van der Waals surface area contributed by atoms with Gasteiger partial charge in [0.15, 0.2) is 0 Å². The number of aromatic nitrogens is 1. The van der Waals surface area contributed by atoms with Crippen LogP contribution in [0.2, 0.25) is 0 Å². The molecule has 0 aliphatic heterocycles. The van der Waals surface area contributed by atoms with E-state index in [-0.39, 0.29) is 5.64 Å². The Labute approximate surface area is 42.1 Å². The monoisotopic (exact) mass is 93.0 g/mol. The van der Waals surface area contributed by atoms with Gasteiger partial charge in [0.2, 0.25) is 0 Å². The van der Waals surface area contributed by atoms with Crippen molar-refractivity contribution in [1.82, 2.24) is 4.89 Å². The molecule has 0 saturated carbocycles. The molecule has 0 aromatic carbocycles. The summed E-state index contributed by atoms with van der Waals surface area (Å²) < 4.78 is 0. The number of nitrogens with zero attached hydrogens (tertiary/aromatic N) is 1. The second-order valence-electron chi connectivity index (χ2n) is 1.21. The van der Waals surface area contributed by atoms with Gasteiger partial charge in [-0.1, -0.05) is 0 Å². The molecule has 3 heteroatoms. The first kappa shape index (κ1) is 4.31. The summed E-state index contributed by atoms with van der Waals surface area (Å²) in [6.45, 7) is 0. The SMILES string of the molecule is Oc1bnccc1. The van der Waals surface area contributed by atoms with E-state index < -0.39 is 0 Å². The summed E-state index contributed by atoms with van der Waals surface area (Å²) in [6, 6.07) is 3.25. The molecule has 0 amide bonds. The van der Waals surface area contributed by atoms with Gasteiger partial charge < -0.3 is 0 Å². The van der Waals surface area contributed by atoms with Crippen molar-refractivity contribution in [2.75, 3.05) is 0 Å². The Bertz CT molecular complexity index is 142. The van der Waals surface area contributed by atoms with E-state index in [1.54, 1.807) is 18.3 Å². The van der Waals surface area contributed by atoms with E-state index in [1.807, 2.05) is 0 Å². The third-order valence-corrected chi connectivity index (χ3v) is 0.646. The molecule has 0 aliphatic carbocycles. The molecule has 0 atom stereocenters. The quantitative estimate of drug-likeness (QED) is 0.494. The molecule has 0 saturated heterocycles. The van der Waals surface area contributed by atoms with Crippen molar-refractivity contribution in [2.45, 2.75) is 0 Å². The second kappa shape index (κ2) is 1.73. The summed E-state index contributed by atoms with van der Waals surface area (Å²) >= 11 is 0. The normalized spacial score (nSPS) is 8.00. The van der Waals surface area contributed by atoms with Gasteiger partial charge in [-0.3, -0.25) is 0 Å². The molecule has 0 fully saturated rings. The van der Waals surface area contributed by atoms with Gasteiger partial charge in [-0.25, -0.2) is 0 Å². The average molecular weight is 92.9 g/mol. The van der Waals surface area contributed by atoms with Crippen molar-refractivity contribution < 1.29 is 5.11 Å². The fourth-order valence-electron chi connectivity index (χ4n) is 0.354. The molecule has 0 aliphatic rings. The van der Waals surface area contributed by atoms with E-state index in [4.69, 9.17) is 5.11 Å².